The molecule has 29 heavy (non-hydrogen) atoms. The summed E-state index contributed by atoms with van der Waals surface area (Å²) in [4.78, 5) is 15.4. The van der Waals surface area contributed by atoms with Gasteiger partial charge in [-0.05, 0) is 36.2 Å². The van der Waals surface area contributed by atoms with Gasteiger partial charge in [0.25, 0.3) is 0 Å². The highest BCUT2D eigenvalue weighted by atomic mass is 79.9. The van der Waals surface area contributed by atoms with E-state index >= 15 is 0 Å². The Labute approximate surface area is 173 Å². The summed E-state index contributed by atoms with van der Waals surface area (Å²) < 4.78 is 49.5. The number of alkyl halides is 4. The molecule has 0 saturated heterocycles. The van der Waals surface area contributed by atoms with E-state index in [2.05, 4.69) is 25.7 Å². The molecule has 0 radical (unpaired) electrons. The summed E-state index contributed by atoms with van der Waals surface area (Å²) in [6.07, 6.45) is -2.37. The molecule has 0 N–H and O–H groups in total. The van der Waals surface area contributed by atoms with Crippen molar-refractivity contribution in [3.63, 3.8) is 0 Å². The van der Waals surface area contributed by atoms with Crippen LogP contribution in [0.4, 0.5) is 13.2 Å². The number of benzene rings is 2. The Hall–Kier alpha value is -2.61. The average Bonchev–Trinajstić information content (AvgIpc) is 2.71. The number of rotatable bonds is 6. The summed E-state index contributed by atoms with van der Waals surface area (Å²) in [7, 11) is 1.32. The minimum Gasteiger partial charge on any atom is -0.489 e. The zero-order valence-electron chi connectivity index (χ0n) is 15.4. The molecule has 4 nitrogen and oxygen atoms in total. The number of esters is 1. The summed E-state index contributed by atoms with van der Waals surface area (Å²) in [6.45, 7) is -0.205. The van der Waals surface area contributed by atoms with Crippen molar-refractivity contribution in [3.8, 4) is 5.75 Å². The normalized spacial score (nSPS) is 12.6. The van der Waals surface area contributed by atoms with Crippen LogP contribution in [0.3, 0.4) is 0 Å². The number of nitrogens with zero attached hydrogens (tertiary/aromatic N) is 1. The second-order valence-electron chi connectivity index (χ2n) is 6.34. The van der Waals surface area contributed by atoms with Gasteiger partial charge in [-0.15, -0.1) is 0 Å². The van der Waals surface area contributed by atoms with Crippen molar-refractivity contribution in [2.45, 2.75) is 24.0 Å². The monoisotopic (exact) mass is 467 g/mol. The fourth-order valence-corrected chi connectivity index (χ4v) is 3.41. The third kappa shape index (κ3) is 5.26. The fourth-order valence-electron chi connectivity index (χ4n) is 2.85. The molecule has 0 amide bonds. The van der Waals surface area contributed by atoms with Crippen LogP contribution in [0.25, 0.3) is 10.9 Å². The highest BCUT2D eigenvalue weighted by Gasteiger charge is 2.32. The molecule has 1 unspecified atom stereocenters. The number of methoxy groups -OCH3 is 1. The zero-order chi connectivity index (χ0) is 21.0. The number of aromatic nitrogens is 1. The lowest BCUT2D eigenvalue weighted by Crippen LogP contribution is -2.18. The maximum atomic E-state index is 13.1. The Morgan fingerprint density at radius 3 is 2.66 bits per heavy atom. The highest BCUT2D eigenvalue weighted by molar-refractivity contribution is 9.10. The minimum atomic E-state index is -4.43. The molecular formula is C21H17BrF3NO3. The van der Waals surface area contributed by atoms with Gasteiger partial charge in [0.2, 0.25) is 0 Å². The van der Waals surface area contributed by atoms with Crippen molar-refractivity contribution in [3.05, 3.63) is 71.4 Å². The summed E-state index contributed by atoms with van der Waals surface area (Å²) in [6, 6.07) is 12.3. The zero-order valence-corrected chi connectivity index (χ0v) is 17.0. The topological polar surface area (TPSA) is 48.4 Å². The van der Waals surface area contributed by atoms with Crippen molar-refractivity contribution < 1.29 is 27.4 Å². The molecule has 1 aromatic heterocycles. The van der Waals surface area contributed by atoms with Crippen molar-refractivity contribution in [2.75, 3.05) is 7.11 Å². The summed E-state index contributed by atoms with van der Waals surface area (Å²) in [5.41, 5.74) is 0.838. The number of carbonyl (C=O) groups excluding carboxylic acids is 1. The Balaban J connectivity index is 1.74. The average molecular weight is 468 g/mol. The standard InChI is InChI=1S/C21H17BrF3NO3/c1-28-20(27)18(22)9-13-8-14-6-7-16(10-19(14)26-11-13)29-12-15-4-2-3-5-17(15)21(23,24)25/h2-8,10-11,18H,9,12H2,1H3. The van der Waals surface area contributed by atoms with Gasteiger partial charge in [0.15, 0.2) is 0 Å². The van der Waals surface area contributed by atoms with E-state index in [1.807, 2.05) is 6.07 Å². The van der Waals surface area contributed by atoms with Gasteiger partial charge in [0, 0.05) is 23.2 Å². The van der Waals surface area contributed by atoms with Crippen molar-refractivity contribution >= 4 is 32.8 Å². The van der Waals surface area contributed by atoms with E-state index in [4.69, 9.17) is 4.74 Å². The Kier molecular flexibility index (Phi) is 6.42. The third-order valence-corrected chi connectivity index (χ3v) is 5.00. The molecule has 0 bridgehead atoms. The minimum absolute atomic E-state index is 0.0644. The van der Waals surface area contributed by atoms with E-state index in [0.717, 1.165) is 17.0 Å². The van der Waals surface area contributed by atoms with Gasteiger partial charge in [-0.25, -0.2) is 0 Å². The predicted octanol–water partition coefficient (Wildman–Crippen LogP) is 5.31. The van der Waals surface area contributed by atoms with Gasteiger partial charge in [-0.1, -0.05) is 34.1 Å². The molecule has 0 fully saturated rings. The first kappa shape index (κ1) is 21.1. The number of hydrogen-bond donors (Lipinski definition) is 0. The number of pyridine rings is 1. The lowest BCUT2D eigenvalue weighted by molar-refractivity contribution is -0.140. The van der Waals surface area contributed by atoms with Gasteiger partial charge in [-0.3, -0.25) is 9.78 Å². The number of carbonyl (C=O) groups is 1. The van der Waals surface area contributed by atoms with E-state index in [0.29, 0.717) is 17.7 Å². The number of fused-ring (bicyclic) bond motifs is 1. The van der Waals surface area contributed by atoms with Crippen LogP contribution < -0.4 is 4.74 Å². The van der Waals surface area contributed by atoms with Crippen LogP contribution in [0.5, 0.6) is 5.75 Å². The number of halogens is 4. The van der Waals surface area contributed by atoms with Crippen molar-refractivity contribution in [2.24, 2.45) is 0 Å². The van der Waals surface area contributed by atoms with E-state index in [1.165, 1.54) is 19.2 Å². The van der Waals surface area contributed by atoms with Crippen LogP contribution in [-0.2, 0) is 28.7 Å². The Morgan fingerprint density at radius 1 is 1.17 bits per heavy atom. The van der Waals surface area contributed by atoms with Gasteiger partial charge in [-0.2, -0.15) is 13.2 Å². The van der Waals surface area contributed by atoms with E-state index in [9.17, 15) is 18.0 Å². The van der Waals surface area contributed by atoms with Crippen molar-refractivity contribution in [1.29, 1.82) is 0 Å². The molecule has 0 aliphatic heterocycles. The first-order valence-corrected chi connectivity index (χ1v) is 9.58. The molecule has 0 aliphatic carbocycles. The van der Waals surface area contributed by atoms with Gasteiger partial charge < -0.3 is 9.47 Å². The fraction of sp³-hybridized carbons (Fsp3) is 0.238. The van der Waals surface area contributed by atoms with E-state index in [1.54, 1.807) is 30.5 Å². The number of ether oxygens (including phenoxy) is 2. The lowest BCUT2D eigenvalue weighted by atomic mass is 10.1. The molecule has 1 atom stereocenters. The molecule has 152 valence electrons. The molecule has 3 aromatic rings. The van der Waals surface area contributed by atoms with Crippen LogP contribution in [0, 0.1) is 0 Å². The second kappa shape index (κ2) is 8.82. The van der Waals surface area contributed by atoms with Gasteiger partial charge in [0.1, 0.15) is 17.2 Å². The molecule has 3 rings (SSSR count). The molecule has 2 aromatic carbocycles. The maximum absolute atomic E-state index is 13.1. The SMILES string of the molecule is COC(=O)C(Br)Cc1cnc2cc(OCc3ccccc3C(F)(F)F)ccc2c1. The molecule has 8 heteroatoms. The lowest BCUT2D eigenvalue weighted by Gasteiger charge is -2.14. The summed E-state index contributed by atoms with van der Waals surface area (Å²) in [5.74, 6) is 0.0515. The second-order valence-corrected chi connectivity index (χ2v) is 7.44. The Bertz CT molecular complexity index is 1020. The van der Waals surface area contributed by atoms with Gasteiger partial charge >= 0.3 is 12.1 Å². The molecular weight excluding hydrogens is 451 g/mol. The summed E-state index contributed by atoms with van der Waals surface area (Å²) in [5, 5.41) is 0.829. The van der Waals surface area contributed by atoms with Crippen LogP contribution in [0.2, 0.25) is 0 Å². The first-order valence-electron chi connectivity index (χ1n) is 8.66. The van der Waals surface area contributed by atoms with Crippen LogP contribution in [-0.4, -0.2) is 22.9 Å². The predicted molar refractivity (Wildman–Crippen MR) is 106 cm³/mol. The molecule has 0 spiro atoms. The third-order valence-electron chi connectivity index (χ3n) is 4.30. The quantitative estimate of drug-likeness (QED) is 0.364. The van der Waals surface area contributed by atoms with Gasteiger partial charge in [0.05, 0.1) is 18.2 Å². The summed E-state index contributed by atoms with van der Waals surface area (Å²) >= 11 is 3.28. The molecule has 1 heterocycles. The van der Waals surface area contributed by atoms with Crippen LogP contribution >= 0.6 is 15.9 Å². The van der Waals surface area contributed by atoms with E-state index < -0.39 is 16.6 Å². The van der Waals surface area contributed by atoms with Crippen molar-refractivity contribution in [1.82, 2.24) is 4.98 Å². The van der Waals surface area contributed by atoms with Crippen LogP contribution in [0.1, 0.15) is 16.7 Å². The molecule has 0 aliphatic rings. The maximum Gasteiger partial charge on any atom is 0.416 e. The van der Waals surface area contributed by atoms with Crippen LogP contribution in [0.15, 0.2) is 54.7 Å². The Morgan fingerprint density at radius 2 is 1.93 bits per heavy atom. The molecule has 0 saturated carbocycles. The highest BCUT2D eigenvalue weighted by Crippen LogP contribution is 2.32. The smallest absolute Gasteiger partial charge is 0.416 e. The first-order chi connectivity index (χ1) is 13.8. The number of hydrogen-bond acceptors (Lipinski definition) is 4. The largest absolute Gasteiger partial charge is 0.489 e. The van der Waals surface area contributed by atoms with E-state index in [-0.39, 0.29) is 18.1 Å².